The number of rotatable bonds is 5. The summed E-state index contributed by atoms with van der Waals surface area (Å²) in [5, 5.41) is 0. The standard InChI is InChI=1S/C16H23F/c1-5-7-8-9-14(6-2)15-10-12(3)13(4)11-16(15)17/h7-8,10-11,14H,5-6,9H2,1-4H3/b8-7-. The number of halogens is 1. The molecule has 0 aliphatic heterocycles. The Morgan fingerprint density at radius 2 is 1.76 bits per heavy atom. The van der Waals surface area contributed by atoms with E-state index in [1.165, 1.54) is 5.56 Å². The first-order valence-corrected chi connectivity index (χ1v) is 6.51. The number of benzene rings is 1. The van der Waals surface area contributed by atoms with E-state index in [2.05, 4.69) is 26.0 Å². The highest BCUT2D eigenvalue weighted by Crippen LogP contribution is 2.28. The largest absolute Gasteiger partial charge is 0.207 e. The third-order valence-electron chi connectivity index (χ3n) is 3.37. The predicted octanol–water partition coefficient (Wildman–Crippen LogP) is 5.29. The van der Waals surface area contributed by atoms with Crippen LogP contribution in [0.5, 0.6) is 0 Å². The van der Waals surface area contributed by atoms with Crippen molar-refractivity contribution in [3.05, 3.63) is 46.8 Å². The number of hydrogen-bond acceptors (Lipinski definition) is 0. The van der Waals surface area contributed by atoms with Crippen LogP contribution >= 0.6 is 0 Å². The average molecular weight is 234 g/mol. The van der Waals surface area contributed by atoms with Crippen LogP contribution < -0.4 is 0 Å². The molecule has 0 nitrogen and oxygen atoms in total. The molecule has 0 aliphatic rings. The van der Waals surface area contributed by atoms with Crippen LogP contribution in [0.2, 0.25) is 0 Å². The summed E-state index contributed by atoms with van der Waals surface area (Å²) >= 11 is 0. The van der Waals surface area contributed by atoms with Gasteiger partial charge in [-0.05, 0) is 61.8 Å². The van der Waals surface area contributed by atoms with Gasteiger partial charge in [0.2, 0.25) is 0 Å². The van der Waals surface area contributed by atoms with Gasteiger partial charge in [-0.3, -0.25) is 0 Å². The molecule has 0 fully saturated rings. The van der Waals surface area contributed by atoms with Gasteiger partial charge in [-0.1, -0.05) is 32.1 Å². The molecule has 0 aromatic heterocycles. The fourth-order valence-corrected chi connectivity index (χ4v) is 2.06. The highest BCUT2D eigenvalue weighted by atomic mass is 19.1. The first-order chi connectivity index (χ1) is 8.10. The number of allylic oxidation sites excluding steroid dienone is 2. The van der Waals surface area contributed by atoms with E-state index in [-0.39, 0.29) is 5.82 Å². The second-order valence-corrected chi connectivity index (χ2v) is 4.68. The van der Waals surface area contributed by atoms with Crippen LogP contribution in [-0.4, -0.2) is 0 Å². The zero-order valence-corrected chi connectivity index (χ0v) is 11.4. The lowest BCUT2D eigenvalue weighted by molar-refractivity contribution is 0.567. The molecule has 0 amide bonds. The third kappa shape index (κ3) is 3.69. The molecule has 94 valence electrons. The number of aryl methyl sites for hydroxylation is 2. The summed E-state index contributed by atoms with van der Waals surface area (Å²) in [5.41, 5.74) is 3.08. The number of hydrogen-bond donors (Lipinski definition) is 0. The quantitative estimate of drug-likeness (QED) is 0.607. The van der Waals surface area contributed by atoms with E-state index in [0.717, 1.165) is 30.4 Å². The summed E-state index contributed by atoms with van der Waals surface area (Å²) in [5.74, 6) is 0.252. The van der Waals surface area contributed by atoms with Crippen LogP contribution in [0.3, 0.4) is 0 Å². The molecule has 0 saturated carbocycles. The molecule has 1 atom stereocenters. The van der Waals surface area contributed by atoms with E-state index in [4.69, 9.17) is 0 Å². The monoisotopic (exact) mass is 234 g/mol. The third-order valence-corrected chi connectivity index (χ3v) is 3.37. The Balaban J connectivity index is 2.95. The average Bonchev–Trinajstić information content (AvgIpc) is 2.30. The molecule has 0 radical (unpaired) electrons. The van der Waals surface area contributed by atoms with E-state index >= 15 is 0 Å². The van der Waals surface area contributed by atoms with Gasteiger partial charge in [0.25, 0.3) is 0 Å². The van der Waals surface area contributed by atoms with Crippen molar-refractivity contribution in [1.29, 1.82) is 0 Å². The summed E-state index contributed by atoms with van der Waals surface area (Å²) in [6.07, 6.45) is 7.29. The first-order valence-electron chi connectivity index (χ1n) is 6.51. The minimum absolute atomic E-state index is 0.0511. The van der Waals surface area contributed by atoms with Gasteiger partial charge in [-0.2, -0.15) is 0 Å². The summed E-state index contributed by atoms with van der Waals surface area (Å²) < 4.78 is 14.0. The van der Waals surface area contributed by atoms with E-state index < -0.39 is 0 Å². The topological polar surface area (TPSA) is 0 Å². The summed E-state index contributed by atoms with van der Waals surface area (Å²) in [6, 6.07) is 3.68. The molecule has 0 aliphatic carbocycles. The van der Waals surface area contributed by atoms with Crippen molar-refractivity contribution < 1.29 is 4.39 Å². The Bertz CT molecular complexity index is 391. The van der Waals surface area contributed by atoms with Crippen LogP contribution in [0.1, 0.15) is 55.7 Å². The summed E-state index contributed by atoms with van der Waals surface area (Å²) in [4.78, 5) is 0. The van der Waals surface area contributed by atoms with Gasteiger partial charge < -0.3 is 0 Å². The Kier molecular flexibility index (Phi) is 5.40. The van der Waals surface area contributed by atoms with Gasteiger partial charge in [0.1, 0.15) is 5.82 Å². The van der Waals surface area contributed by atoms with Crippen molar-refractivity contribution in [3.8, 4) is 0 Å². The van der Waals surface area contributed by atoms with E-state index in [9.17, 15) is 4.39 Å². The molecule has 0 N–H and O–H groups in total. The zero-order chi connectivity index (χ0) is 12.8. The fourth-order valence-electron chi connectivity index (χ4n) is 2.06. The summed E-state index contributed by atoms with van der Waals surface area (Å²) in [7, 11) is 0. The van der Waals surface area contributed by atoms with Crippen molar-refractivity contribution in [1.82, 2.24) is 0 Å². The molecule has 0 heterocycles. The van der Waals surface area contributed by atoms with E-state index in [1.54, 1.807) is 6.07 Å². The van der Waals surface area contributed by atoms with Crippen LogP contribution in [0.4, 0.5) is 4.39 Å². The minimum atomic E-state index is -0.0511. The Morgan fingerprint density at radius 3 is 2.35 bits per heavy atom. The molecule has 0 spiro atoms. The molecule has 17 heavy (non-hydrogen) atoms. The lowest BCUT2D eigenvalue weighted by atomic mass is 9.90. The van der Waals surface area contributed by atoms with Gasteiger partial charge in [-0.15, -0.1) is 0 Å². The molecular weight excluding hydrogens is 211 g/mol. The fraction of sp³-hybridized carbons (Fsp3) is 0.500. The Hall–Kier alpha value is -1.11. The van der Waals surface area contributed by atoms with Crippen molar-refractivity contribution in [2.75, 3.05) is 0 Å². The van der Waals surface area contributed by atoms with E-state index in [0.29, 0.717) is 5.92 Å². The molecule has 1 rings (SSSR count). The molecular formula is C16H23F. The molecule has 1 aromatic carbocycles. The molecule has 1 unspecified atom stereocenters. The minimum Gasteiger partial charge on any atom is -0.207 e. The van der Waals surface area contributed by atoms with Crippen LogP contribution in [-0.2, 0) is 0 Å². The van der Waals surface area contributed by atoms with E-state index in [1.807, 2.05) is 19.9 Å². The van der Waals surface area contributed by atoms with Crippen molar-refractivity contribution in [2.45, 2.75) is 52.9 Å². The maximum Gasteiger partial charge on any atom is 0.126 e. The van der Waals surface area contributed by atoms with Crippen LogP contribution in [0.25, 0.3) is 0 Å². The Morgan fingerprint density at radius 1 is 1.12 bits per heavy atom. The van der Waals surface area contributed by atoms with Gasteiger partial charge in [-0.25, -0.2) is 4.39 Å². The highest BCUT2D eigenvalue weighted by molar-refractivity contribution is 5.33. The van der Waals surface area contributed by atoms with Gasteiger partial charge in [0, 0.05) is 0 Å². The normalized spacial score (nSPS) is 13.2. The molecule has 0 bridgehead atoms. The molecule has 0 saturated heterocycles. The highest BCUT2D eigenvalue weighted by Gasteiger charge is 2.13. The Labute approximate surface area is 105 Å². The van der Waals surface area contributed by atoms with Crippen LogP contribution in [0.15, 0.2) is 24.3 Å². The smallest absolute Gasteiger partial charge is 0.126 e. The van der Waals surface area contributed by atoms with Crippen molar-refractivity contribution in [3.63, 3.8) is 0 Å². The molecule has 1 aromatic rings. The van der Waals surface area contributed by atoms with Crippen molar-refractivity contribution in [2.24, 2.45) is 0 Å². The lowest BCUT2D eigenvalue weighted by Crippen LogP contribution is -2.01. The molecule has 1 heteroatoms. The summed E-state index contributed by atoms with van der Waals surface area (Å²) in [6.45, 7) is 8.25. The van der Waals surface area contributed by atoms with Gasteiger partial charge in [0.05, 0.1) is 0 Å². The second kappa shape index (κ2) is 6.58. The SMILES string of the molecule is CC/C=C\CC(CC)c1cc(C)c(C)cc1F. The maximum absolute atomic E-state index is 14.0. The van der Waals surface area contributed by atoms with Crippen LogP contribution in [0, 0.1) is 19.7 Å². The predicted molar refractivity (Wildman–Crippen MR) is 73.0 cm³/mol. The first kappa shape index (κ1) is 14.0. The zero-order valence-electron chi connectivity index (χ0n) is 11.4. The van der Waals surface area contributed by atoms with Crippen molar-refractivity contribution >= 4 is 0 Å². The maximum atomic E-state index is 14.0. The lowest BCUT2D eigenvalue weighted by Gasteiger charge is -2.16. The van der Waals surface area contributed by atoms with Gasteiger partial charge >= 0.3 is 0 Å². The van der Waals surface area contributed by atoms with Gasteiger partial charge in [0.15, 0.2) is 0 Å². The second-order valence-electron chi connectivity index (χ2n) is 4.68.